The predicted octanol–water partition coefficient (Wildman–Crippen LogP) is 0.677. The van der Waals surface area contributed by atoms with Crippen molar-refractivity contribution in [3.63, 3.8) is 0 Å². The van der Waals surface area contributed by atoms with Gasteiger partial charge in [-0.05, 0) is 32.0 Å². The highest BCUT2D eigenvalue weighted by atomic mass is 16.3. The van der Waals surface area contributed by atoms with E-state index in [-0.39, 0.29) is 24.2 Å². The minimum absolute atomic E-state index is 0.0101. The van der Waals surface area contributed by atoms with Crippen molar-refractivity contribution in [1.29, 1.82) is 0 Å². The monoisotopic (exact) mass is 382 g/mol. The molecule has 0 saturated carbocycles. The lowest BCUT2D eigenvalue weighted by molar-refractivity contribution is 0.0901. The van der Waals surface area contributed by atoms with Crippen LogP contribution >= 0.6 is 0 Å². The van der Waals surface area contributed by atoms with Crippen LogP contribution in [0.5, 0.6) is 0 Å². The van der Waals surface area contributed by atoms with Crippen molar-refractivity contribution in [1.82, 2.24) is 19.4 Å². The summed E-state index contributed by atoms with van der Waals surface area (Å²) in [6, 6.07) is 8.09. The topological polar surface area (TPSA) is 106 Å². The van der Waals surface area contributed by atoms with Crippen LogP contribution in [-0.4, -0.2) is 37.8 Å². The molecule has 28 heavy (non-hydrogen) atoms. The number of aromatic nitrogens is 3. The Kier molecular flexibility index (Phi) is 5.70. The number of aliphatic hydroxyl groups is 1. The lowest BCUT2D eigenvalue weighted by Crippen LogP contribution is -2.38. The number of carbonyl (C=O) groups excluding carboxylic acids is 1. The molecule has 0 radical (unpaired) electrons. The van der Waals surface area contributed by atoms with Gasteiger partial charge in [0.1, 0.15) is 11.2 Å². The first-order valence-corrected chi connectivity index (χ1v) is 9.03. The highest BCUT2D eigenvalue weighted by Gasteiger charge is 2.17. The molecular formula is C20H22N4O4. The number of aliphatic hydroxyl groups excluding tert-OH is 1. The quantitative estimate of drug-likeness (QED) is 0.652. The maximum Gasteiger partial charge on any atom is 0.256 e. The van der Waals surface area contributed by atoms with Crippen molar-refractivity contribution in [2.75, 3.05) is 6.54 Å². The summed E-state index contributed by atoms with van der Waals surface area (Å²) in [6.07, 6.45) is 2.08. The van der Waals surface area contributed by atoms with Gasteiger partial charge in [-0.25, -0.2) is 4.98 Å². The van der Waals surface area contributed by atoms with Crippen LogP contribution in [0.2, 0.25) is 0 Å². The second-order valence-corrected chi connectivity index (χ2v) is 6.54. The van der Waals surface area contributed by atoms with E-state index in [1.54, 1.807) is 35.0 Å². The molecule has 1 atom stereocenters. The number of nitrogens with one attached hydrogen (secondary N) is 1. The van der Waals surface area contributed by atoms with E-state index in [0.29, 0.717) is 17.6 Å². The maximum atomic E-state index is 12.7. The molecule has 0 aliphatic heterocycles. The summed E-state index contributed by atoms with van der Waals surface area (Å²) in [7, 11) is 0. The molecule has 3 aromatic heterocycles. The molecule has 0 aromatic carbocycles. The Labute approximate surface area is 161 Å². The Morgan fingerprint density at radius 3 is 2.71 bits per heavy atom. The number of pyridine rings is 3. The largest absolute Gasteiger partial charge is 0.389 e. The van der Waals surface area contributed by atoms with E-state index in [1.807, 2.05) is 13.8 Å². The number of hydrogen-bond acceptors (Lipinski definition) is 5. The predicted molar refractivity (Wildman–Crippen MR) is 105 cm³/mol. The van der Waals surface area contributed by atoms with Crippen molar-refractivity contribution < 1.29 is 9.90 Å². The van der Waals surface area contributed by atoms with Crippen LogP contribution in [0.15, 0.2) is 52.3 Å². The van der Waals surface area contributed by atoms with Gasteiger partial charge in [0.05, 0.1) is 18.0 Å². The first kappa shape index (κ1) is 19.5. The van der Waals surface area contributed by atoms with Gasteiger partial charge >= 0.3 is 0 Å². The van der Waals surface area contributed by atoms with Gasteiger partial charge in [-0.15, -0.1) is 0 Å². The lowest BCUT2D eigenvalue weighted by atomic mass is 10.1. The van der Waals surface area contributed by atoms with Crippen molar-refractivity contribution in [2.45, 2.75) is 33.0 Å². The molecular weight excluding hydrogens is 360 g/mol. The van der Waals surface area contributed by atoms with Crippen molar-refractivity contribution in [3.8, 4) is 0 Å². The fraction of sp³-hybridized carbons (Fsp3) is 0.300. The van der Waals surface area contributed by atoms with Crippen LogP contribution in [0.25, 0.3) is 11.0 Å². The zero-order valence-electron chi connectivity index (χ0n) is 15.8. The van der Waals surface area contributed by atoms with E-state index in [9.17, 15) is 19.5 Å². The van der Waals surface area contributed by atoms with Gasteiger partial charge in [-0.2, -0.15) is 0 Å². The number of nitrogens with zero attached hydrogens (tertiary/aromatic N) is 3. The average Bonchev–Trinajstić information content (AvgIpc) is 2.68. The number of rotatable bonds is 6. The Morgan fingerprint density at radius 1 is 1.21 bits per heavy atom. The molecule has 3 aromatic rings. The standard InChI is InChI=1S/C20H22N4O4/c1-3-23-12-16(18(27)15-8-7-13(2)22-19(15)23)20(28)21-10-14(25)11-24-9-5-4-6-17(24)26/h4-9,12,14,25H,3,10-11H2,1-2H3,(H,21,28). The Bertz CT molecular complexity index is 1130. The molecule has 0 aliphatic carbocycles. The SMILES string of the molecule is CCn1cc(C(=O)NCC(O)Cn2ccccc2=O)c(=O)c2ccc(C)nc21. The van der Waals surface area contributed by atoms with Gasteiger partial charge < -0.3 is 19.6 Å². The molecule has 2 N–H and O–H groups in total. The van der Waals surface area contributed by atoms with Gasteiger partial charge in [0, 0.05) is 37.2 Å². The van der Waals surface area contributed by atoms with E-state index < -0.39 is 17.4 Å². The molecule has 0 saturated heterocycles. The summed E-state index contributed by atoms with van der Waals surface area (Å²) >= 11 is 0. The molecule has 3 heterocycles. The van der Waals surface area contributed by atoms with Gasteiger partial charge in [0.25, 0.3) is 11.5 Å². The average molecular weight is 382 g/mol. The van der Waals surface area contributed by atoms with Crippen LogP contribution in [-0.2, 0) is 13.1 Å². The van der Waals surface area contributed by atoms with Crippen LogP contribution in [0.3, 0.4) is 0 Å². The second kappa shape index (κ2) is 8.18. The van der Waals surface area contributed by atoms with Gasteiger partial charge in [-0.3, -0.25) is 14.4 Å². The van der Waals surface area contributed by atoms with Crippen molar-refractivity contribution in [3.05, 3.63) is 74.6 Å². The molecule has 0 fully saturated rings. The van der Waals surface area contributed by atoms with Crippen LogP contribution in [0.4, 0.5) is 0 Å². The van der Waals surface area contributed by atoms with Crippen LogP contribution < -0.4 is 16.3 Å². The highest BCUT2D eigenvalue weighted by Crippen LogP contribution is 2.11. The van der Waals surface area contributed by atoms with Crippen LogP contribution in [0.1, 0.15) is 23.0 Å². The van der Waals surface area contributed by atoms with Crippen molar-refractivity contribution >= 4 is 16.9 Å². The Hall–Kier alpha value is -3.26. The molecule has 3 rings (SSSR count). The molecule has 1 unspecified atom stereocenters. The fourth-order valence-corrected chi connectivity index (χ4v) is 2.97. The molecule has 146 valence electrons. The van der Waals surface area contributed by atoms with E-state index in [4.69, 9.17) is 0 Å². The second-order valence-electron chi connectivity index (χ2n) is 6.54. The Balaban J connectivity index is 1.79. The molecule has 0 aliphatic rings. The fourth-order valence-electron chi connectivity index (χ4n) is 2.97. The maximum absolute atomic E-state index is 12.7. The smallest absolute Gasteiger partial charge is 0.256 e. The summed E-state index contributed by atoms with van der Waals surface area (Å²) < 4.78 is 3.10. The minimum Gasteiger partial charge on any atom is -0.389 e. The third-order valence-electron chi connectivity index (χ3n) is 4.45. The number of hydrogen-bond donors (Lipinski definition) is 2. The van der Waals surface area contributed by atoms with Gasteiger partial charge in [0.2, 0.25) is 5.43 Å². The summed E-state index contributed by atoms with van der Waals surface area (Å²) in [5, 5.41) is 13.1. The van der Waals surface area contributed by atoms with Gasteiger partial charge in [-0.1, -0.05) is 6.07 Å². The van der Waals surface area contributed by atoms with Gasteiger partial charge in [0.15, 0.2) is 0 Å². The van der Waals surface area contributed by atoms with E-state index in [1.165, 1.54) is 16.8 Å². The normalized spacial score (nSPS) is 12.1. The lowest BCUT2D eigenvalue weighted by Gasteiger charge is -2.14. The van der Waals surface area contributed by atoms with E-state index in [0.717, 1.165) is 5.69 Å². The van der Waals surface area contributed by atoms with E-state index >= 15 is 0 Å². The Morgan fingerprint density at radius 2 is 2.00 bits per heavy atom. The first-order valence-electron chi connectivity index (χ1n) is 9.03. The van der Waals surface area contributed by atoms with Crippen LogP contribution in [0, 0.1) is 6.92 Å². The zero-order valence-corrected chi connectivity index (χ0v) is 15.8. The number of amides is 1. The number of fused-ring (bicyclic) bond motifs is 1. The number of carbonyl (C=O) groups is 1. The van der Waals surface area contributed by atoms with Crippen molar-refractivity contribution in [2.24, 2.45) is 0 Å². The zero-order chi connectivity index (χ0) is 20.3. The molecule has 8 heteroatoms. The third-order valence-corrected chi connectivity index (χ3v) is 4.45. The summed E-state index contributed by atoms with van der Waals surface area (Å²) in [5.41, 5.74) is 0.664. The highest BCUT2D eigenvalue weighted by molar-refractivity contribution is 5.96. The molecule has 0 spiro atoms. The summed E-state index contributed by atoms with van der Waals surface area (Å²) in [5.74, 6) is -0.575. The summed E-state index contributed by atoms with van der Waals surface area (Å²) in [6.45, 7) is 4.24. The molecule has 8 nitrogen and oxygen atoms in total. The summed E-state index contributed by atoms with van der Waals surface area (Å²) in [4.78, 5) is 41.3. The third kappa shape index (κ3) is 4.01. The minimum atomic E-state index is -0.970. The molecule has 1 amide bonds. The van der Waals surface area contributed by atoms with E-state index in [2.05, 4.69) is 10.3 Å². The molecule has 0 bridgehead atoms. The number of aryl methyl sites for hydroxylation is 2. The first-order chi connectivity index (χ1) is 13.4.